The van der Waals surface area contributed by atoms with Crippen molar-refractivity contribution in [1.82, 2.24) is 15.1 Å². The van der Waals surface area contributed by atoms with Crippen LogP contribution in [0.1, 0.15) is 18.7 Å². The van der Waals surface area contributed by atoms with Crippen molar-refractivity contribution in [3.8, 4) is 0 Å². The summed E-state index contributed by atoms with van der Waals surface area (Å²) in [6, 6.07) is 5.16. The lowest BCUT2D eigenvalue weighted by Crippen LogP contribution is -2.62. The van der Waals surface area contributed by atoms with Gasteiger partial charge in [-0.05, 0) is 35.0 Å². The number of halogens is 1. The Morgan fingerprint density at radius 2 is 2.06 bits per heavy atom. The van der Waals surface area contributed by atoms with E-state index in [2.05, 4.69) is 44.0 Å². The molecule has 100 valence electrons. The average molecular weight is 314 g/mol. The zero-order valence-electron chi connectivity index (χ0n) is 10.7. The van der Waals surface area contributed by atoms with Gasteiger partial charge in [0.25, 0.3) is 0 Å². The Balaban J connectivity index is 1.52. The van der Waals surface area contributed by atoms with Crippen LogP contribution < -0.4 is 5.32 Å². The number of nitrogens with zero attached hydrogens (tertiary/aromatic N) is 2. The lowest BCUT2D eigenvalue weighted by molar-refractivity contribution is -0.00181. The number of hydrogen-bond donors (Lipinski definition) is 1. The van der Waals surface area contributed by atoms with Crippen molar-refractivity contribution in [1.29, 1.82) is 0 Å². The molecule has 1 unspecified atom stereocenters. The quantitative estimate of drug-likeness (QED) is 0.920. The molecule has 3 rings (SSSR count). The van der Waals surface area contributed by atoms with Gasteiger partial charge in [-0.25, -0.2) is 0 Å². The smallest absolute Gasteiger partial charge is 0.169 e. The first-order chi connectivity index (χ1) is 8.74. The summed E-state index contributed by atoms with van der Waals surface area (Å²) in [6.45, 7) is 9.21. The van der Waals surface area contributed by atoms with Gasteiger partial charge < -0.3 is 9.73 Å². The second kappa shape index (κ2) is 5.33. The summed E-state index contributed by atoms with van der Waals surface area (Å²) in [4.78, 5) is 5.09. The standard InChI is InChI=1S/C13H20BrN3O/c1-10(12-2-3-13(14)18-12)17-8-11(9-17)16-6-4-15-5-7-16/h2-3,10-11,15H,4-9H2,1H3. The van der Waals surface area contributed by atoms with Gasteiger partial charge in [-0.3, -0.25) is 9.80 Å². The maximum Gasteiger partial charge on any atom is 0.169 e. The Hall–Kier alpha value is -0.360. The molecule has 1 atom stereocenters. The largest absolute Gasteiger partial charge is 0.453 e. The molecule has 5 heteroatoms. The van der Waals surface area contributed by atoms with Gasteiger partial charge in [0.1, 0.15) is 5.76 Å². The lowest BCUT2D eigenvalue weighted by atomic mass is 10.0. The van der Waals surface area contributed by atoms with Crippen molar-refractivity contribution in [3.05, 3.63) is 22.6 Å². The van der Waals surface area contributed by atoms with E-state index in [1.165, 1.54) is 26.2 Å². The predicted molar refractivity (Wildman–Crippen MR) is 74.6 cm³/mol. The predicted octanol–water partition coefficient (Wildman–Crippen LogP) is 1.69. The lowest BCUT2D eigenvalue weighted by Gasteiger charge is -2.48. The Bertz CT molecular complexity index is 397. The Morgan fingerprint density at radius 1 is 1.33 bits per heavy atom. The number of furan rings is 1. The molecule has 0 aromatic carbocycles. The second-order valence-electron chi connectivity index (χ2n) is 5.21. The number of likely N-dealkylation sites (tertiary alicyclic amines) is 1. The van der Waals surface area contributed by atoms with Crippen LogP contribution in [0.2, 0.25) is 0 Å². The van der Waals surface area contributed by atoms with Crippen LogP contribution in [0.3, 0.4) is 0 Å². The minimum Gasteiger partial charge on any atom is -0.453 e. The van der Waals surface area contributed by atoms with Crippen molar-refractivity contribution in [2.75, 3.05) is 39.3 Å². The van der Waals surface area contributed by atoms with E-state index >= 15 is 0 Å². The van der Waals surface area contributed by atoms with Crippen LogP contribution >= 0.6 is 15.9 Å². The normalized spacial score (nSPS) is 25.0. The number of hydrogen-bond acceptors (Lipinski definition) is 4. The highest BCUT2D eigenvalue weighted by molar-refractivity contribution is 9.10. The van der Waals surface area contributed by atoms with E-state index in [0.29, 0.717) is 6.04 Å². The van der Waals surface area contributed by atoms with E-state index in [4.69, 9.17) is 4.42 Å². The average Bonchev–Trinajstić information content (AvgIpc) is 2.75. The molecule has 2 aliphatic rings. The number of nitrogens with one attached hydrogen (secondary N) is 1. The molecule has 0 amide bonds. The third kappa shape index (κ3) is 2.50. The van der Waals surface area contributed by atoms with Gasteiger partial charge in [-0.15, -0.1) is 0 Å². The first kappa shape index (κ1) is 12.7. The molecule has 18 heavy (non-hydrogen) atoms. The van der Waals surface area contributed by atoms with E-state index in [9.17, 15) is 0 Å². The molecule has 2 saturated heterocycles. The molecular weight excluding hydrogens is 294 g/mol. The zero-order chi connectivity index (χ0) is 12.5. The summed E-state index contributed by atoms with van der Waals surface area (Å²) in [5.74, 6) is 1.06. The molecule has 4 nitrogen and oxygen atoms in total. The molecule has 0 aliphatic carbocycles. The first-order valence-corrected chi connectivity index (χ1v) is 7.47. The van der Waals surface area contributed by atoms with Crippen molar-refractivity contribution >= 4 is 15.9 Å². The van der Waals surface area contributed by atoms with Crippen LogP contribution in [-0.2, 0) is 0 Å². The van der Waals surface area contributed by atoms with Gasteiger partial charge >= 0.3 is 0 Å². The maximum absolute atomic E-state index is 5.63. The number of rotatable bonds is 3. The minimum absolute atomic E-state index is 0.385. The molecule has 2 aliphatic heterocycles. The summed E-state index contributed by atoms with van der Waals surface area (Å²) >= 11 is 3.36. The third-order valence-electron chi connectivity index (χ3n) is 4.11. The van der Waals surface area contributed by atoms with Crippen LogP contribution in [0.5, 0.6) is 0 Å². The van der Waals surface area contributed by atoms with E-state index < -0.39 is 0 Å². The fourth-order valence-corrected chi connectivity index (χ4v) is 3.13. The molecule has 0 saturated carbocycles. The summed E-state index contributed by atoms with van der Waals surface area (Å²) in [7, 11) is 0. The van der Waals surface area contributed by atoms with Gasteiger partial charge in [0.15, 0.2) is 4.67 Å². The van der Waals surface area contributed by atoms with Gasteiger partial charge in [0, 0.05) is 45.3 Å². The van der Waals surface area contributed by atoms with Crippen molar-refractivity contribution in [3.63, 3.8) is 0 Å². The van der Waals surface area contributed by atoms with Crippen LogP contribution in [0.15, 0.2) is 21.2 Å². The van der Waals surface area contributed by atoms with Crippen LogP contribution in [0.4, 0.5) is 0 Å². The fraction of sp³-hybridized carbons (Fsp3) is 0.692. The Kier molecular flexibility index (Phi) is 3.75. The third-order valence-corrected chi connectivity index (χ3v) is 4.54. The monoisotopic (exact) mass is 313 g/mol. The fourth-order valence-electron chi connectivity index (χ4n) is 2.82. The van der Waals surface area contributed by atoms with Crippen LogP contribution in [-0.4, -0.2) is 55.1 Å². The summed E-state index contributed by atoms with van der Waals surface area (Å²) < 4.78 is 6.46. The molecule has 3 heterocycles. The molecule has 1 N–H and O–H groups in total. The summed E-state index contributed by atoms with van der Waals surface area (Å²) in [6.07, 6.45) is 0. The van der Waals surface area contributed by atoms with Crippen LogP contribution in [0.25, 0.3) is 0 Å². The van der Waals surface area contributed by atoms with E-state index in [1.807, 2.05) is 6.07 Å². The SMILES string of the molecule is CC(c1ccc(Br)o1)N1CC(N2CCNCC2)C1. The topological polar surface area (TPSA) is 31.7 Å². The van der Waals surface area contributed by atoms with Crippen LogP contribution in [0, 0.1) is 0 Å². The van der Waals surface area contributed by atoms with E-state index in [1.54, 1.807) is 0 Å². The number of piperazine rings is 1. The highest BCUT2D eigenvalue weighted by Gasteiger charge is 2.35. The Morgan fingerprint density at radius 3 is 2.67 bits per heavy atom. The minimum atomic E-state index is 0.385. The van der Waals surface area contributed by atoms with Crippen molar-refractivity contribution in [2.24, 2.45) is 0 Å². The molecule has 2 fully saturated rings. The first-order valence-electron chi connectivity index (χ1n) is 6.68. The highest BCUT2D eigenvalue weighted by atomic mass is 79.9. The zero-order valence-corrected chi connectivity index (χ0v) is 12.3. The molecule has 1 aromatic rings. The van der Waals surface area contributed by atoms with Gasteiger partial charge in [-0.1, -0.05) is 0 Å². The highest BCUT2D eigenvalue weighted by Crippen LogP contribution is 2.29. The van der Waals surface area contributed by atoms with Gasteiger partial charge in [-0.2, -0.15) is 0 Å². The van der Waals surface area contributed by atoms with Gasteiger partial charge in [0.05, 0.1) is 6.04 Å². The van der Waals surface area contributed by atoms with E-state index in [-0.39, 0.29) is 0 Å². The molecule has 1 aromatic heterocycles. The molecule has 0 radical (unpaired) electrons. The summed E-state index contributed by atoms with van der Waals surface area (Å²) in [5.41, 5.74) is 0. The molecular formula is C13H20BrN3O. The summed E-state index contributed by atoms with van der Waals surface area (Å²) in [5, 5.41) is 3.40. The molecule has 0 bridgehead atoms. The van der Waals surface area contributed by atoms with Crippen molar-refractivity contribution in [2.45, 2.75) is 19.0 Å². The van der Waals surface area contributed by atoms with Crippen molar-refractivity contribution < 1.29 is 4.42 Å². The molecule has 0 spiro atoms. The van der Waals surface area contributed by atoms with E-state index in [0.717, 1.165) is 29.6 Å². The maximum atomic E-state index is 5.63. The van der Waals surface area contributed by atoms with Gasteiger partial charge in [0.2, 0.25) is 0 Å². The second-order valence-corrected chi connectivity index (χ2v) is 5.99. The Labute approximate surface area is 116 Å².